The van der Waals surface area contributed by atoms with Crippen LogP contribution in [-0.4, -0.2) is 36.3 Å². The summed E-state index contributed by atoms with van der Waals surface area (Å²) in [6.45, 7) is 3.54. The first kappa shape index (κ1) is 9.92. The van der Waals surface area contributed by atoms with Gasteiger partial charge in [0.15, 0.2) is 6.29 Å². The molecule has 0 aromatic heterocycles. The molecule has 0 aromatic rings. The predicted molar refractivity (Wildman–Crippen MR) is 44.6 cm³/mol. The average Bonchev–Trinajstić information content (AvgIpc) is 2.25. The van der Waals surface area contributed by atoms with Crippen molar-refractivity contribution >= 4 is 0 Å². The number of methoxy groups -OCH3 is 1. The standard InChI is InChI=1S/C8H17NO3/c1-5(10)7-8(2,9)4-6(11-3)12-7/h5-7,10H,4,9H2,1-3H3/t5-,6?,7+,8+/m1/s1. The topological polar surface area (TPSA) is 64.7 Å². The fraction of sp³-hybridized carbons (Fsp3) is 1.00. The summed E-state index contributed by atoms with van der Waals surface area (Å²) in [5.74, 6) is 0. The molecule has 1 saturated heterocycles. The van der Waals surface area contributed by atoms with Crippen molar-refractivity contribution in [3.8, 4) is 0 Å². The monoisotopic (exact) mass is 175 g/mol. The van der Waals surface area contributed by atoms with Crippen molar-refractivity contribution in [3.63, 3.8) is 0 Å². The van der Waals surface area contributed by atoms with E-state index in [0.29, 0.717) is 6.42 Å². The second-order valence-corrected chi connectivity index (χ2v) is 3.67. The number of aliphatic hydroxyl groups excluding tert-OH is 1. The van der Waals surface area contributed by atoms with E-state index in [1.54, 1.807) is 14.0 Å². The first-order valence-corrected chi connectivity index (χ1v) is 4.12. The summed E-state index contributed by atoms with van der Waals surface area (Å²) >= 11 is 0. The molecule has 72 valence electrons. The fourth-order valence-electron chi connectivity index (χ4n) is 1.65. The molecular formula is C8H17NO3. The Labute approximate surface area is 72.6 Å². The maximum absolute atomic E-state index is 9.34. The molecule has 1 rings (SSSR count). The van der Waals surface area contributed by atoms with Crippen LogP contribution < -0.4 is 5.73 Å². The molecule has 1 heterocycles. The van der Waals surface area contributed by atoms with E-state index < -0.39 is 11.6 Å². The first-order valence-electron chi connectivity index (χ1n) is 4.12. The molecule has 3 N–H and O–H groups in total. The summed E-state index contributed by atoms with van der Waals surface area (Å²) < 4.78 is 10.4. The lowest BCUT2D eigenvalue weighted by Crippen LogP contribution is -2.49. The molecule has 0 saturated carbocycles. The summed E-state index contributed by atoms with van der Waals surface area (Å²) in [5, 5.41) is 9.34. The second-order valence-electron chi connectivity index (χ2n) is 3.67. The molecule has 4 heteroatoms. The highest BCUT2D eigenvalue weighted by molar-refractivity contribution is 4.96. The molecule has 0 aliphatic carbocycles. The fourth-order valence-corrected chi connectivity index (χ4v) is 1.65. The lowest BCUT2D eigenvalue weighted by Gasteiger charge is -2.26. The van der Waals surface area contributed by atoms with Crippen molar-refractivity contribution < 1.29 is 14.6 Å². The maximum Gasteiger partial charge on any atom is 0.159 e. The van der Waals surface area contributed by atoms with Crippen LogP contribution in [0.3, 0.4) is 0 Å². The van der Waals surface area contributed by atoms with Gasteiger partial charge >= 0.3 is 0 Å². The highest BCUT2D eigenvalue weighted by Crippen LogP contribution is 2.30. The number of hydrogen-bond donors (Lipinski definition) is 2. The molecule has 0 aromatic carbocycles. The molecule has 0 amide bonds. The van der Waals surface area contributed by atoms with Crippen LogP contribution in [-0.2, 0) is 9.47 Å². The molecule has 1 unspecified atom stereocenters. The van der Waals surface area contributed by atoms with E-state index in [9.17, 15) is 5.11 Å². The zero-order chi connectivity index (χ0) is 9.35. The van der Waals surface area contributed by atoms with Gasteiger partial charge in [0.25, 0.3) is 0 Å². The third kappa shape index (κ3) is 1.77. The number of hydrogen-bond acceptors (Lipinski definition) is 4. The highest BCUT2D eigenvalue weighted by atomic mass is 16.7. The Bertz CT molecular complexity index is 158. The first-order chi connectivity index (χ1) is 5.47. The van der Waals surface area contributed by atoms with Gasteiger partial charge in [-0.3, -0.25) is 0 Å². The largest absolute Gasteiger partial charge is 0.391 e. The van der Waals surface area contributed by atoms with Crippen LogP contribution in [0.1, 0.15) is 20.3 Å². The van der Waals surface area contributed by atoms with Crippen LogP contribution in [0.15, 0.2) is 0 Å². The molecule has 12 heavy (non-hydrogen) atoms. The lowest BCUT2D eigenvalue weighted by molar-refractivity contribution is -0.139. The van der Waals surface area contributed by atoms with Crippen LogP contribution in [0.2, 0.25) is 0 Å². The Balaban J connectivity index is 2.64. The predicted octanol–water partition coefficient (Wildman–Crippen LogP) is -0.154. The molecule has 1 aliphatic rings. The summed E-state index contributed by atoms with van der Waals surface area (Å²) in [6.07, 6.45) is -0.541. The Hall–Kier alpha value is -0.160. The number of aliphatic hydroxyl groups is 1. The van der Waals surface area contributed by atoms with Gasteiger partial charge < -0.3 is 20.3 Å². The molecule has 4 nitrogen and oxygen atoms in total. The smallest absolute Gasteiger partial charge is 0.159 e. The van der Waals surface area contributed by atoms with Crippen molar-refractivity contribution in [2.45, 2.75) is 44.3 Å². The Morgan fingerprint density at radius 2 is 2.33 bits per heavy atom. The van der Waals surface area contributed by atoms with E-state index in [-0.39, 0.29) is 12.4 Å². The van der Waals surface area contributed by atoms with E-state index in [2.05, 4.69) is 0 Å². The Morgan fingerprint density at radius 3 is 2.58 bits per heavy atom. The molecule has 0 spiro atoms. The van der Waals surface area contributed by atoms with E-state index >= 15 is 0 Å². The minimum absolute atomic E-state index is 0.278. The zero-order valence-corrected chi connectivity index (χ0v) is 7.78. The second kappa shape index (κ2) is 3.30. The van der Waals surface area contributed by atoms with E-state index in [1.165, 1.54) is 0 Å². The van der Waals surface area contributed by atoms with Crippen molar-refractivity contribution in [2.24, 2.45) is 5.73 Å². The maximum atomic E-state index is 9.34. The van der Waals surface area contributed by atoms with Crippen molar-refractivity contribution in [1.82, 2.24) is 0 Å². The van der Waals surface area contributed by atoms with Crippen LogP contribution in [0.4, 0.5) is 0 Å². The van der Waals surface area contributed by atoms with E-state index in [4.69, 9.17) is 15.2 Å². The normalized spacial score (nSPS) is 44.8. The molecule has 4 atom stereocenters. The van der Waals surface area contributed by atoms with E-state index in [0.717, 1.165) is 0 Å². The van der Waals surface area contributed by atoms with Gasteiger partial charge in [0.1, 0.15) is 6.10 Å². The third-order valence-corrected chi connectivity index (χ3v) is 2.26. The van der Waals surface area contributed by atoms with Crippen molar-refractivity contribution in [3.05, 3.63) is 0 Å². The zero-order valence-electron chi connectivity index (χ0n) is 7.78. The summed E-state index contributed by atoms with van der Waals surface area (Å²) in [5.41, 5.74) is 5.43. The van der Waals surface area contributed by atoms with Crippen LogP contribution in [0.25, 0.3) is 0 Å². The number of nitrogens with two attached hydrogens (primary N) is 1. The molecule has 1 aliphatic heterocycles. The summed E-state index contributed by atoms with van der Waals surface area (Å²) in [7, 11) is 1.57. The van der Waals surface area contributed by atoms with Gasteiger partial charge in [-0.05, 0) is 13.8 Å². The van der Waals surface area contributed by atoms with Gasteiger partial charge in [0.2, 0.25) is 0 Å². The van der Waals surface area contributed by atoms with Crippen LogP contribution in [0.5, 0.6) is 0 Å². The number of ether oxygens (including phenoxy) is 2. The Kier molecular flexibility index (Phi) is 2.73. The van der Waals surface area contributed by atoms with Gasteiger partial charge in [0.05, 0.1) is 6.10 Å². The van der Waals surface area contributed by atoms with Crippen LogP contribution >= 0.6 is 0 Å². The molecule has 1 fully saturated rings. The number of rotatable bonds is 2. The molecule has 0 bridgehead atoms. The molecular weight excluding hydrogens is 158 g/mol. The minimum Gasteiger partial charge on any atom is -0.391 e. The SMILES string of the molecule is COC1C[C@](C)(N)[C@H]([C@@H](C)O)O1. The van der Waals surface area contributed by atoms with E-state index in [1.807, 2.05) is 6.92 Å². The van der Waals surface area contributed by atoms with Gasteiger partial charge in [-0.1, -0.05) is 0 Å². The molecule has 0 radical (unpaired) electrons. The summed E-state index contributed by atoms with van der Waals surface area (Å²) in [4.78, 5) is 0. The van der Waals surface area contributed by atoms with Gasteiger partial charge in [-0.2, -0.15) is 0 Å². The van der Waals surface area contributed by atoms with Crippen molar-refractivity contribution in [1.29, 1.82) is 0 Å². The minimum atomic E-state index is -0.555. The van der Waals surface area contributed by atoms with Gasteiger partial charge in [0, 0.05) is 19.1 Å². The summed E-state index contributed by atoms with van der Waals surface area (Å²) in [6, 6.07) is 0. The highest BCUT2D eigenvalue weighted by Gasteiger charge is 2.44. The quantitative estimate of drug-likeness (QED) is 0.612. The lowest BCUT2D eigenvalue weighted by atomic mass is 9.92. The van der Waals surface area contributed by atoms with Gasteiger partial charge in [-0.15, -0.1) is 0 Å². The third-order valence-electron chi connectivity index (χ3n) is 2.26. The Morgan fingerprint density at radius 1 is 1.75 bits per heavy atom. The average molecular weight is 175 g/mol. The van der Waals surface area contributed by atoms with Crippen LogP contribution in [0, 0.1) is 0 Å². The van der Waals surface area contributed by atoms with Crippen molar-refractivity contribution in [2.75, 3.05) is 7.11 Å². The van der Waals surface area contributed by atoms with Gasteiger partial charge in [-0.25, -0.2) is 0 Å².